The van der Waals surface area contributed by atoms with Gasteiger partial charge in [0.2, 0.25) is 5.95 Å². The number of anilines is 4. The highest BCUT2D eigenvalue weighted by atomic mass is 16.4. The van der Waals surface area contributed by atoms with Gasteiger partial charge in [-0.15, -0.1) is 0 Å². The zero-order valence-electron chi connectivity index (χ0n) is 17.6. The first-order chi connectivity index (χ1) is 14.7. The fourth-order valence-corrected chi connectivity index (χ4v) is 3.39. The van der Waals surface area contributed by atoms with Gasteiger partial charge in [-0.1, -0.05) is 13.8 Å². The molecule has 0 aliphatic carbocycles. The maximum absolute atomic E-state index is 12.3. The van der Waals surface area contributed by atoms with Crippen LogP contribution in [0.25, 0.3) is 0 Å². The van der Waals surface area contributed by atoms with E-state index >= 15 is 0 Å². The Balaban J connectivity index is 1.61. The second-order valence-electron chi connectivity index (χ2n) is 7.79. The summed E-state index contributed by atoms with van der Waals surface area (Å²) in [4.78, 5) is 44.3. The van der Waals surface area contributed by atoms with Gasteiger partial charge in [-0.2, -0.15) is 4.98 Å². The SMILES string of the molecule is CC(C)C(NC(=O)c1ccc(NC[C@@H]2CNc3nc(N)[nH]c(=O)c3N2C)cc1)C(=O)O. The van der Waals surface area contributed by atoms with Crippen molar-refractivity contribution in [1.82, 2.24) is 15.3 Å². The number of carbonyl (C=O) groups is 2. The van der Waals surface area contributed by atoms with Crippen molar-refractivity contribution in [3.8, 4) is 0 Å². The molecule has 1 aromatic carbocycles. The zero-order valence-corrected chi connectivity index (χ0v) is 17.6. The summed E-state index contributed by atoms with van der Waals surface area (Å²) in [5.41, 5.74) is 6.88. The van der Waals surface area contributed by atoms with Crippen LogP contribution in [0.4, 0.5) is 23.1 Å². The molecule has 31 heavy (non-hydrogen) atoms. The predicted molar refractivity (Wildman–Crippen MR) is 119 cm³/mol. The van der Waals surface area contributed by atoms with Gasteiger partial charge in [0.15, 0.2) is 5.82 Å². The number of hydrogen-bond acceptors (Lipinski definition) is 8. The van der Waals surface area contributed by atoms with Crippen molar-refractivity contribution in [3.05, 3.63) is 40.2 Å². The van der Waals surface area contributed by atoms with E-state index in [9.17, 15) is 19.5 Å². The van der Waals surface area contributed by atoms with E-state index in [1.54, 1.807) is 38.1 Å². The Bertz CT molecular complexity index is 1020. The lowest BCUT2D eigenvalue weighted by atomic mass is 10.0. The highest BCUT2D eigenvalue weighted by Gasteiger charge is 2.27. The molecule has 2 atom stereocenters. The molecule has 0 bridgehead atoms. The number of hydrogen-bond donors (Lipinski definition) is 6. The number of nitrogen functional groups attached to an aromatic ring is 1. The van der Waals surface area contributed by atoms with Crippen molar-refractivity contribution < 1.29 is 14.7 Å². The first-order valence-electron chi connectivity index (χ1n) is 9.91. The van der Waals surface area contributed by atoms with Gasteiger partial charge in [0.1, 0.15) is 11.7 Å². The second-order valence-corrected chi connectivity index (χ2v) is 7.79. The van der Waals surface area contributed by atoms with E-state index in [0.717, 1.165) is 5.69 Å². The summed E-state index contributed by atoms with van der Waals surface area (Å²) < 4.78 is 0. The number of nitrogens with zero attached hydrogens (tertiary/aromatic N) is 2. The number of nitrogens with one attached hydrogen (secondary N) is 4. The van der Waals surface area contributed by atoms with E-state index in [1.165, 1.54) is 0 Å². The molecule has 0 saturated carbocycles. The summed E-state index contributed by atoms with van der Waals surface area (Å²) in [6.07, 6.45) is 0. The number of carboxylic acids is 1. The van der Waals surface area contributed by atoms with Gasteiger partial charge in [-0.25, -0.2) is 4.79 Å². The van der Waals surface area contributed by atoms with Crippen LogP contribution in [-0.2, 0) is 4.79 Å². The van der Waals surface area contributed by atoms with E-state index in [1.807, 2.05) is 11.9 Å². The summed E-state index contributed by atoms with van der Waals surface area (Å²) in [7, 11) is 1.82. The van der Waals surface area contributed by atoms with Crippen LogP contribution >= 0.6 is 0 Å². The number of likely N-dealkylation sites (N-methyl/N-ethyl adjacent to an activating group) is 1. The number of aromatic amines is 1. The van der Waals surface area contributed by atoms with Gasteiger partial charge < -0.3 is 31.7 Å². The molecule has 2 heterocycles. The highest BCUT2D eigenvalue weighted by Crippen LogP contribution is 2.25. The summed E-state index contributed by atoms with van der Waals surface area (Å²) in [6, 6.07) is 5.79. The number of H-pyrrole nitrogens is 1. The molecule has 0 spiro atoms. The van der Waals surface area contributed by atoms with Gasteiger partial charge in [0.25, 0.3) is 11.5 Å². The molecule has 11 heteroatoms. The number of carboxylic acid groups (broad SMARTS) is 1. The van der Waals surface area contributed by atoms with Crippen LogP contribution in [-0.4, -0.2) is 59.2 Å². The largest absolute Gasteiger partial charge is 0.480 e. The van der Waals surface area contributed by atoms with Crippen LogP contribution in [0, 0.1) is 5.92 Å². The Morgan fingerprint density at radius 3 is 2.61 bits per heavy atom. The monoisotopic (exact) mass is 429 g/mol. The molecule has 0 radical (unpaired) electrons. The van der Waals surface area contributed by atoms with Crippen LogP contribution < -0.4 is 32.1 Å². The molecule has 166 valence electrons. The number of amides is 1. The fraction of sp³-hybridized carbons (Fsp3) is 0.400. The third kappa shape index (κ3) is 4.87. The lowest BCUT2D eigenvalue weighted by Gasteiger charge is -2.35. The Hall–Kier alpha value is -3.76. The predicted octanol–water partition coefficient (Wildman–Crippen LogP) is 0.534. The van der Waals surface area contributed by atoms with Gasteiger partial charge >= 0.3 is 5.97 Å². The van der Waals surface area contributed by atoms with Crippen molar-refractivity contribution in [2.24, 2.45) is 5.92 Å². The summed E-state index contributed by atoms with van der Waals surface area (Å²) in [5, 5.41) is 18.2. The maximum atomic E-state index is 12.3. The summed E-state index contributed by atoms with van der Waals surface area (Å²) >= 11 is 0. The fourth-order valence-electron chi connectivity index (χ4n) is 3.39. The number of carbonyl (C=O) groups excluding carboxylic acids is 1. The normalized spacial score (nSPS) is 16.3. The molecule has 1 amide bonds. The average Bonchev–Trinajstić information content (AvgIpc) is 2.70. The average molecular weight is 429 g/mol. The number of benzene rings is 1. The Kier molecular flexibility index (Phi) is 6.33. The van der Waals surface area contributed by atoms with Gasteiger partial charge in [-0.3, -0.25) is 14.6 Å². The van der Waals surface area contributed by atoms with E-state index in [2.05, 4.69) is 25.9 Å². The van der Waals surface area contributed by atoms with Crippen LogP contribution in [0.15, 0.2) is 29.1 Å². The molecular formula is C20H27N7O4. The van der Waals surface area contributed by atoms with E-state index < -0.39 is 17.9 Å². The molecule has 1 aromatic heterocycles. The number of aromatic nitrogens is 2. The number of nitrogens with two attached hydrogens (primary N) is 1. The van der Waals surface area contributed by atoms with Crippen LogP contribution in [0.5, 0.6) is 0 Å². The van der Waals surface area contributed by atoms with Gasteiger partial charge in [-0.05, 0) is 30.2 Å². The topological polar surface area (TPSA) is 165 Å². The Labute approximate surface area is 179 Å². The molecule has 3 rings (SSSR count). The molecule has 1 aliphatic rings. The first-order valence-corrected chi connectivity index (χ1v) is 9.91. The van der Waals surface area contributed by atoms with Crippen LogP contribution in [0.2, 0.25) is 0 Å². The Morgan fingerprint density at radius 2 is 2.00 bits per heavy atom. The third-order valence-electron chi connectivity index (χ3n) is 5.23. The highest BCUT2D eigenvalue weighted by molar-refractivity contribution is 5.96. The van der Waals surface area contributed by atoms with Crippen LogP contribution in [0.1, 0.15) is 24.2 Å². The van der Waals surface area contributed by atoms with Crippen molar-refractivity contribution >= 4 is 35.0 Å². The van der Waals surface area contributed by atoms with Crippen molar-refractivity contribution in [3.63, 3.8) is 0 Å². The Morgan fingerprint density at radius 1 is 1.32 bits per heavy atom. The van der Waals surface area contributed by atoms with E-state index in [0.29, 0.717) is 30.2 Å². The summed E-state index contributed by atoms with van der Waals surface area (Å²) in [6.45, 7) is 4.58. The minimum atomic E-state index is -1.06. The van der Waals surface area contributed by atoms with Crippen molar-refractivity contribution in [2.75, 3.05) is 41.4 Å². The standard InChI is InChI=1S/C20H27N7O4/c1-10(2)14(19(30)31)24-17(28)11-4-6-12(7-5-11)22-8-13-9-23-16-15(27(13)3)18(29)26-20(21)25-16/h4-7,10,13-14,22H,8-9H2,1-3H3,(H,24,28)(H,30,31)(H4,21,23,25,26,29)/t13-,14?/m1/s1. The van der Waals surface area contributed by atoms with Crippen LogP contribution in [0.3, 0.4) is 0 Å². The smallest absolute Gasteiger partial charge is 0.326 e. The number of fused-ring (bicyclic) bond motifs is 1. The zero-order chi connectivity index (χ0) is 22.7. The molecular weight excluding hydrogens is 402 g/mol. The quantitative estimate of drug-likeness (QED) is 0.368. The molecule has 0 fully saturated rings. The lowest BCUT2D eigenvalue weighted by molar-refractivity contribution is -0.140. The molecule has 7 N–H and O–H groups in total. The molecule has 0 saturated heterocycles. The molecule has 1 aliphatic heterocycles. The summed E-state index contributed by atoms with van der Waals surface area (Å²) in [5.74, 6) is -1.21. The maximum Gasteiger partial charge on any atom is 0.326 e. The molecule has 11 nitrogen and oxygen atoms in total. The van der Waals surface area contributed by atoms with Gasteiger partial charge in [0, 0.05) is 31.4 Å². The third-order valence-corrected chi connectivity index (χ3v) is 5.23. The number of aliphatic carboxylic acids is 1. The van der Waals surface area contributed by atoms with Crippen molar-refractivity contribution in [1.29, 1.82) is 0 Å². The minimum absolute atomic E-state index is 0.0237. The van der Waals surface area contributed by atoms with E-state index in [4.69, 9.17) is 5.73 Å². The number of rotatable bonds is 7. The lowest BCUT2D eigenvalue weighted by Crippen LogP contribution is -2.48. The molecule has 1 unspecified atom stereocenters. The second kappa shape index (κ2) is 8.94. The molecule has 2 aromatic rings. The minimum Gasteiger partial charge on any atom is -0.480 e. The van der Waals surface area contributed by atoms with Gasteiger partial charge in [0.05, 0.1) is 6.04 Å². The van der Waals surface area contributed by atoms with Crippen molar-refractivity contribution in [2.45, 2.75) is 25.9 Å². The van der Waals surface area contributed by atoms with E-state index in [-0.39, 0.29) is 23.5 Å². The first kappa shape index (κ1) is 21.9.